The molecule has 0 aromatic heterocycles. The van der Waals surface area contributed by atoms with Gasteiger partial charge in [-0.25, -0.2) is 0 Å². The standard InChI is InChI=1S/C20H20N4O2/c21-14-15-5-1-2-6-18(15)23-20(26)13-19(25)22-16-7-9-17(10-8-16)24-11-3-4-12-24/h1-2,5-10H,3-4,11-13H2,(H,22,25)(H,23,26). The number of nitriles is 1. The van der Waals surface area contributed by atoms with Crippen LogP contribution in [0.15, 0.2) is 48.5 Å². The van der Waals surface area contributed by atoms with Crippen LogP contribution in [0.3, 0.4) is 0 Å². The predicted molar refractivity (Wildman–Crippen MR) is 101 cm³/mol. The van der Waals surface area contributed by atoms with Crippen molar-refractivity contribution >= 4 is 28.9 Å². The lowest BCUT2D eigenvalue weighted by molar-refractivity contribution is -0.123. The second-order valence-electron chi connectivity index (χ2n) is 6.17. The third-order valence-electron chi connectivity index (χ3n) is 4.26. The van der Waals surface area contributed by atoms with Gasteiger partial charge in [-0.2, -0.15) is 5.26 Å². The summed E-state index contributed by atoms with van der Waals surface area (Å²) in [4.78, 5) is 26.4. The summed E-state index contributed by atoms with van der Waals surface area (Å²) >= 11 is 0. The maximum Gasteiger partial charge on any atom is 0.233 e. The highest BCUT2D eigenvalue weighted by molar-refractivity contribution is 6.08. The summed E-state index contributed by atoms with van der Waals surface area (Å²) in [7, 11) is 0. The second kappa shape index (κ2) is 8.17. The zero-order valence-electron chi connectivity index (χ0n) is 14.4. The Labute approximate surface area is 152 Å². The van der Waals surface area contributed by atoms with E-state index in [0.29, 0.717) is 16.9 Å². The first-order valence-electron chi connectivity index (χ1n) is 8.59. The van der Waals surface area contributed by atoms with Crippen molar-refractivity contribution < 1.29 is 9.59 Å². The first-order valence-corrected chi connectivity index (χ1v) is 8.59. The first kappa shape index (κ1) is 17.5. The number of hydrogen-bond acceptors (Lipinski definition) is 4. The molecule has 0 atom stereocenters. The molecule has 1 saturated heterocycles. The molecule has 1 heterocycles. The van der Waals surface area contributed by atoms with Crippen molar-refractivity contribution in [2.24, 2.45) is 0 Å². The molecule has 2 N–H and O–H groups in total. The molecule has 0 saturated carbocycles. The van der Waals surface area contributed by atoms with Crippen molar-refractivity contribution in [1.82, 2.24) is 0 Å². The Bertz CT molecular complexity index is 834. The van der Waals surface area contributed by atoms with Gasteiger partial charge >= 0.3 is 0 Å². The number of carbonyl (C=O) groups is 2. The van der Waals surface area contributed by atoms with E-state index >= 15 is 0 Å². The average molecular weight is 348 g/mol. The smallest absolute Gasteiger partial charge is 0.233 e. The Morgan fingerprint density at radius 1 is 0.962 bits per heavy atom. The second-order valence-corrected chi connectivity index (χ2v) is 6.17. The van der Waals surface area contributed by atoms with E-state index < -0.39 is 11.8 Å². The van der Waals surface area contributed by atoms with Gasteiger partial charge in [0.05, 0.1) is 11.3 Å². The van der Waals surface area contributed by atoms with Gasteiger partial charge in [-0.05, 0) is 49.2 Å². The molecule has 6 heteroatoms. The van der Waals surface area contributed by atoms with Crippen LogP contribution in [0.25, 0.3) is 0 Å². The fourth-order valence-corrected chi connectivity index (χ4v) is 2.97. The van der Waals surface area contributed by atoms with E-state index in [9.17, 15) is 9.59 Å². The molecule has 0 aliphatic carbocycles. The molecule has 1 aliphatic rings. The number of carbonyl (C=O) groups excluding carboxylic acids is 2. The van der Waals surface area contributed by atoms with Crippen LogP contribution >= 0.6 is 0 Å². The molecule has 0 unspecified atom stereocenters. The summed E-state index contributed by atoms with van der Waals surface area (Å²) in [6.45, 7) is 2.13. The summed E-state index contributed by atoms with van der Waals surface area (Å²) in [6, 6.07) is 16.3. The molecule has 2 amide bonds. The normalized spacial score (nSPS) is 13.1. The third-order valence-corrected chi connectivity index (χ3v) is 4.26. The van der Waals surface area contributed by atoms with E-state index in [1.54, 1.807) is 24.3 Å². The van der Waals surface area contributed by atoms with Crippen molar-refractivity contribution in [3.8, 4) is 6.07 Å². The Hall–Kier alpha value is -3.33. The summed E-state index contributed by atoms with van der Waals surface area (Å²) in [5, 5.41) is 14.3. The van der Waals surface area contributed by atoms with Crippen LogP contribution < -0.4 is 15.5 Å². The SMILES string of the molecule is N#Cc1ccccc1NC(=O)CC(=O)Nc1ccc(N2CCCC2)cc1. The van der Waals surface area contributed by atoms with Crippen LogP contribution in [0, 0.1) is 11.3 Å². The van der Waals surface area contributed by atoms with Crippen molar-refractivity contribution in [1.29, 1.82) is 5.26 Å². The van der Waals surface area contributed by atoms with Gasteiger partial charge in [0.25, 0.3) is 0 Å². The van der Waals surface area contributed by atoms with Crippen molar-refractivity contribution in [3.05, 3.63) is 54.1 Å². The Morgan fingerprint density at radius 3 is 2.31 bits per heavy atom. The van der Waals surface area contributed by atoms with Crippen LogP contribution in [0.5, 0.6) is 0 Å². The highest BCUT2D eigenvalue weighted by Gasteiger charge is 2.14. The molecule has 0 bridgehead atoms. The number of nitrogens with one attached hydrogen (secondary N) is 2. The van der Waals surface area contributed by atoms with Gasteiger partial charge in [-0.1, -0.05) is 12.1 Å². The van der Waals surface area contributed by atoms with Gasteiger partial charge in [0.15, 0.2) is 0 Å². The number of benzene rings is 2. The molecule has 132 valence electrons. The molecule has 0 spiro atoms. The van der Waals surface area contributed by atoms with Crippen LogP contribution in [-0.2, 0) is 9.59 Å². The molecule has 0 radical (unpaired) electrons. The molecular formula is C20H20N4O2. The fraction of sp³-hybridized carbons (Fsp3) is 0.250. The number of anilines is 3. The highest BCUT2D eigenvalue weighted by atomic mass is 16.2. The van der Waals surface area contributed by atoms with Crippen LogP contribution in [0.2, 0.25) is 0 Å². The van der Waals surface area contributed by atoms with E-state index in [-0.39, 0.29) is 6.42 Å². The Balaban J connectivity index is 1.53. The van der Waals surface area contributed by atoms with E-state index in [1.165, 1.54) is 12.8 Å². The van der Waals surface area contributed by atoms with Gasteiger partial charge in [0, 0.05) is 24.5 Å². The van der Waals surface area contributed by atoms with E-state index in [4.69, 9.17) is 5.26 Å². The lowest BCUT2D eigenvalue weighted by atomic mass is 10.2. The van der Waals surface area contributed by atoms with Crippen molar-refractivity contribution in [3.63, 3.8) is 0 Å². The minimum Gasteiger partial charge on any atom is -0.372 e. The molecule has 2 aromatic rings. The lowest BCUT2D eigenvalue weighted by Crippen LogP contribution is -2.22. The number of para-hydroxylation sites is 1. The minimum absolute atomic E-state index is 0.312. The first-order chi connectivity index (χ1) is 12.7. The minimum atomic E-state index is -0.459. The van der Waals surface area contributed by atoms with Gasteiger partial charge in [0.2, 0.25) is 11.8 Å². The average Bonchev–Trinajstić information content (AvgIpc) is 3.17. The Morgan fingerprint density at radius 2 is 1.62 bits per heavy atom. The van der Waals surface area contributed by atoms with E-state index in [1.807, 2.05) is 30.3 Å². The molecule has 1 fully saturated rings. The zero-order chi connectivity index (χ0) is 18.4. The highest BCUT2D eigenvalue weighted by Crippen LogP contribution is 2.22. The molecule has 1 aliphatic heterocycles. The van der Waals surface area contributed by atoms with Crippen LogP contribution in [-0.4, -0.2) is 24.9 Å². The summed E-state index contributed by atoms with van der Waals surface area (Å²) in [5.74, 6) is -0.857. The van der Waals surface area contributed by atoms with Crippen molar-refractivity contribution in [2.75, 3.05) is 28.6 Å². The van der Waals surface area contributed by atoms with E-state index in [2.05, 4.69) is 15.5 Å². The topological polar surface area (TPSA) is 85.2 Å². The molecule has 2 aromatic carbocycles. The Kier molecular flexibility index (Phi) is 5.49. The molecule has 26 heavy (non-hydrogen) atoms. The quantitative estimate of drug-likeness (QED) is 0.813. The summed E-state index contributed by atoms with van der Waals surface area (Å²) in [5.41, 5.74) is 2.57. The fourth-order valence-electron chi connectivity index (χ4n) is 2.97. The molecule has 6 nitrogen and oxygen atoms in total. The third kappa shape index (κ3) is 4.39. The maximum atomic E-state index is 12.1. The van der Waals surface area contributed by atoms with Crippen LogP contribution in [0.4, 0.5) is 17.1 Å². The number of hydrogen-bond donors (Lipinski definition) is 2. The number of amides is 2. The largest absolute Gasteiger partial charge is 0.372 e. The van der Waals surface area contributed by atoms with Gasteiger partial charge in [0.1, 0.15) is 12.5 Å². The van der Waals surface area contributed by atoms with Gasteiger partial charge in [-0.15, -0.1) is 0 Å². The maximum absolute atomic E-state index is 12.1. The van der Waals surface area contributed by atoms with E-state index in [0.717, 1.165) is 18.8 Å². The lowest BCUT2D eigenvalue weighted by Gasteiger charge is -2.17. The summed E-state index contributed by atoms with van der Waals surface area (Å²) < 4.78 is 0. The summed E-state index contributed by atoms with van der Waals surface area (Å²) in [6.07, 6.45) is 2.11. The predicted octanol–water partition coefficient (Wildman–Crippen LogP) is 3.13. The van der Waals surface area contributed by atoms with Crippen molar-refractivity contribution in [2.45, 2.75) is 19.3 Å². The molecule has 3 rings (SSSR count). The zero-order valence-corrected chi connectivity index (χ0v) is 14.4. The number of nitrogens with zero attached hydrogens (tertiary/aromatic N) is 2. The van der Waals surface area contributed by atoms with Crippen LogP contribution in [0.1, 0.15) is 24.8 Å². The monoisotopic (exact) mass is 348 g/mol. The van der Waals surface area contributed by atoms with Gasteiger partial charge in [-0.3, -0.25) is 9.59 Å². The van der Waals surface area contributed by atoms with Gasteiger partial charge < -0.3 is 15.5 Å². The number of rotatable bonds is 5. The molecular weight excluding hydrogens is 328 g/mol.